The third kappa shape index (κ3) is 7.55. The highest BCUT2D eigenvalue weighted by atomic mass is 15.2. The molecule has 0 aliphatic heterocycles. The van der Waals surface area contributed by atoms with Gasteiger partial charge < -0.3 is 15.1 Å². The van der Waals surface area contributed by atoms with E-state index < -0.39 is 0 Å². The van der Waals surface area contributed by atoms with Crippen LogP contribution in [-0.2, 0) is 0 Å². The average Bonchev–Trinajstić information content (AvgIpc) is 3.29. The first-order valence-electron chi connectivity index (χ1n) is 19.4. The second-order valence-corrected chi connectivity index (χ2v) is 13.9. The molecular weight excluding hydrogens is 691 g/mol. The van der Waals surface area contributed by atoms with E-state index in [-0.39, 0.29) is 0 Å². The van der Waals surface area contributed by atoms with Crippen molar-refractivity contribution in [1.82, 2.24) is 0 Å². The molecule has 0 bridgehead atoms. The molecule has 0 aliphatic rings. The summed E-state index contributed by atoms with van der Waals surface area (Å²) in [5, 5.41) is 4.03. The van der Waals surface area contributed by atoms with Crippen LogP contribution in [0.2, 0.25) is 0 Å². The van der Waals surface area contributed by atoms with Gasteiger partial charge in [-0.2, -0.15) is 0 Å². The van der Waals surface area contributed by atoms with Crippen molar-refractivity contribution in [1.29, 1.82) is 0 Å². The summed E-state index contributed by atoms with van der Waals surface area (Å²) in [6.45, 7) is 0. The van der Waals surface area contributed by atoms with Gasteiger partial charge in [0.05, 0.1) is 22.7 Å². The maximum absolute atomic E-state index is 4.03. The van der Waals surface area contributed by atoms with Crippen LogP contribution in [0, 0.1) is 0 Å². The van der Waals surface area contributed by atoms with Gasteiger partial charge in [-0.05, 0) is 77.4 Å². The summed E-state index contributed by atoms with van der Waals surface area (Å²) < 4.78 is 0. The number of hydrogen-bond donors (Lipinski definition) is 1. The molecule has 0 fully saturated rings. The summed E-state index contributed by atoms with van der Waals surface area (Å²) >= 11 is 0. The van der Waals surface area contributed by atoms with Crippen LogP contribution in [0.3, 0.4) is 0 Å². The van der Waals surface area contributed by atoms with E-state index in [1.165, 1.54) is 0 Å². The minimum Gasteiger partial charge on any atom is -0.354 e. The maximum Gasteiger partial charge on any atom is 0.0543 e. The lowest BCUT2D eigenvalue weighted by molar-refractivity contribution is 1.25. The molecule has 9 aromatic rings. The van der Waals surface area contributed by atoms with Crippen molar-refractivity contribution in [3.63, 3.8) is 0 Å². The van der Waals surface area contributed by atoms with Crippen LogP contribution in [0.4, 0.5) is 45.5 Å². The van der Waals surface area contributed by atoms with Gasteiger partial charge in [-0.3, -0.25) is 0 Å². The van der Waals surface area contributed by atoms with Gasteiger partial charge in [-0.25, -0.2) is 0 Å². The number of para-hydroxylation sites is 5. The largest absolute Gasteiger partial charge is 0.354 e. The molecule has 9 rings (SSSR count). The Morgan fingerprint density at radius 2 is 0.614 bits per heavy atom. The van der Waals surface area contributed by atoms with Crippen molar-refractivity contribution in [2.45, 2.75) is 0 Å². The van der Waals surface area contributed by atoms with Gasteiger partial charge in [0, 0.05) is 39.4 Å². The van der Waals surface area contributed by atoms with Gasteiger partial charge in [-0.1, -0.05) is 182 Å². The lowest BCUT2D eigenvalue weighted by Crippen LogP contribution is -2.14. The van der Waals surface area contributed by atoms with Gasteiger partial charge in [0.2, 0.25) is 0 Å². The quantitative estimate of drug-likeness (QED) is 0.143. The monoisotopic (exact) mass is 731 g/mol. The SMILES string of the molecule is c1ccc(-c2ccccc2N(c2ccccc2)c2cc(Nc3c(-c4ccccc4)cccc3-c3ccccc3)cc(N(c3ccccc3)c3ccccc3)c2)cc1. The van der Waals surface area contributed by atoms with E-state index in [2.05, 4.69) is 258 Å². The van der Waals surface area contributed by atoms with E-state index in [0.29, 0.717) is 0 Å². The minimum atomic E-state index is 0.957. The molecule has 3 nitrogen and oxygen atoms in total. The van der Waals surface area contributed by atoms with Crippen LogP contribution in [0.25, 0.3) is 33.4 Å². The van der Waals surface area contributed by atoms with Gasteiger partial charge in [0.15, 0.2) is 0 Å². The van der Waals surface area contributed by atoms with Crippen molar-refractivity contribution in [2.24, 2.45) is 0 Å². The molecule has 0 spiro atoms. The lowest BCUT2D eigenvalue weighted by Gasteiger charge is -2.31. The van der Waals surface area contributed by atoms with Crippen molar-refractivity contribution >= 4 is 45.5 Å². The summed E-state index contributed by atoms with van der Waals surface area (Å²) in [7, 11) is 0. The highest BCUT2D eigenvalue weighted by molar-refractivity contribution is 5.96. The van der Waals surface area contributed by atoms with Crippen LogP contribution in [-0.4, -0.2) is 0 Å². The zero-order valence-corrected chi connectivity index (χ0v) is 31.5. The Balaban J connectivity index is 1.31. The van der Waals surface area contributed by atoms with E-state index in [9.17, 15) is 0 Å². The highest BCUT2D eigenvalue weighted by Gasteiger charge is 2.22. The predicted octanol–water partition coefficient (Wildman–Crippen LogP) is 15.4. The number of hydrogen-bond acceptors (Lipinski definition) is 3. The molecule has 0 amide bonds. The Hall–Kier alpha value is -7.62. The van der Waals surface area contributed by atoms with Gasteiger partial charge in [0.25, 0.3) is 0 Å². The van der Waals surface area contributed by atoms with Gasteiger partial charge in [-0.15, -0.1) is 0 Å². The van der Waals surface area contributed by atoms with Crippen molar-refractivity contribution in [3.05, 3.63) is 243 Å². The van der Waals surface area contributed by atoms with Crippen molar-refractivity contribution < 1.29 is 0 Å². The lowest BCUT2D eigenvalue weighted by atomic mass is 9.95. The third-order valence-corrected chi connectivity index (χ3v) is 10.2. The van der Waals surface area contributed by atoms with E-state index in [4.69, 9.17) is 0 Å². The fourth-order valence-electron chi connectivity index (χ4n) is 7.61. The molecule has 0 atom stereocenters. The second kappa shape index (κ2) is 16.4. The Morgan fingerprint density at radius 3 is 1.09 bits per heavy atom. The average molecular weight is 732 g/mol. The molecule has 0 heterocycles. The van der Waals surface area contributed by atoms with E-state index in [1.54, 1.807) is 0 Å². The number of nitrogens with one attached hydrogen (secondary N) is 1. The summed E-state index contributed by atoms with van der Waals surface area (Å²) in [5.74, 6) is 0. The zero-order chi connectivity index (χ0) is 38.2. The number of nitrogens with zero attached hydrogens (tertiary/aromatic N) is 2. The molecule has 0 aliphatic carbocycles. The third-order valence-electron chi connectivity index (χ3n) is 10.2. The van der Waals surface area contributed by atoms with Crippen LogP contribution >= 0.6 is 0 Å². The number of benzene rings is 9. The van der Waals surface area contributed by atoms with Gasteiger partial charge in [0.1, 0.15) is 0 Å². The molecule has 272 valence electrons. The molecule has 9 aromatic carbocycles. The molecule has 1 N–H and O–H groups in total. The smallest absolute Gasteiger partial charge is 0.0543 e. The first kappa shape index (κ1) is 35.1. The van der Waals surface area contributed by atoms with E-state index in [0.717, 1.165) is 78.9 Å². The van der Waals surface area contributed by atoms with Crippen LogP contribution < -0.4 is 15.1 Å². The minimum absolute atomic E-state index is 0.957. The normalized spacial score (nSPS) is 10.8. The van der Waals surface area contributed by atoms with Crippen LogP contribution in [0.5, 0.6) is 0 Å². The van der Waals surface area contributed by atoms with Crippen molar-refractivity contribution in [3.8, 4) is 33.4 Å². The summed E-state index contributed by atoms with van der Waals surface area (Å²) in [5.41, 5.74) is 15.1. The fraction of sp³-hybridized carbons (Fsp3) is 0. The Morgan fingerprint density at radius 1 is 0.263 bits per heavy atom. The molecule has 0 aromatic heterocycles. The summed E-state index contributed by atoms with van der Waals surface area (Å²) in [4.78, 5) is 4.72. The predicted molar refractivity (Wildman–Crippen MR) is 242 cm³/mol. The Kier molecular flexibility index (Phi) is 10.1. The van der Waals surface area contributed by atoms with E-state index in [1.807, 2.05) is 0 Å². The van der Waals surface area contributed by atoms with Gasteiger partial charge >= 0.3 is 0 Å². The maximum atomic E-state index is 4.03. The highest BCUT2D eigenvalue weighted by Crippen LogP contribution is 2.46. The molecule has 0 unspecified atom stereocenters. The molecule has 0 saturated heterocycles. The first-order valence-corrected chi connectivity index (χ1v) is 19.4. The number of anilines is 8. The van der Waals surface area contributed by atoms with Crippen molar-refractivity contribution in [2.75, 3.05) is 15.1 Å². The molecule has 3 heteroatoms. The molecule has 57 heavy (non-hydrogen) atoms. The van der Waals surface area contributed by atoms with E-state index >= 15 is 0 Å². The fourth-order valence-corrected chi connectivity index (χ4v) is 7.61. The Bertz CT molecular complexity index is 2590. The standard InChI is InChI=1S/C54H41N3/c1-7-22-41(23-8-1)50-34-19-20-37-53(50)57(47-32-17-6-18-33-47)49-39-44(38-48(40-49)56(45-28-13-4-14-29-45)46-30-15-5-16-31-46)55-54-51(42-24-9-2-10-25-42)35-21-36-52(54)43-26-11-3-12-27-43/h1-40,55H. The van der Waals surface area contributed by atoms with Crippen LogP contribution in [0.15, 0.2) is 243 Å². The first-order chi connectivity index (χ1) is 28.3. The molecule has 0 radical (unpaired) electrons. The number of rotatable bonds is 11. The molecule has 0 saturated carbocycles. The summed E-state index contributed by atoms with van der Waals surface area (Å²) in [6.07, 6.45) is 0. The summed E-state index contributed by atoms with van der Waals surface area (Å²) in [6, 6.07) is 85.9. The second-order valence-electron chi connectivity index (χ2n) is 13.9. The molecular formula is C54H41N3. The topological polar surface area (TPSA) is 18.5 Å². The van der Waals surface area contributed by atoms with Crippen LogP contribution in [0.1, 0.15) is 0 Å². The zero-order valence-electron chi connectivity index (χ0n) is 31.5. The Labute approximate surface area is 335 Å².